The Morgan fingerprint density at radius 2 is 2.29 bits per heavy atom. The first-order chi connectivity index (χ1) is 7.75. The normalized spacial score (nSPS) is 21.0. The fraction of sp³-hybridized carbons (Fsp3) is 0.750. The summed E-state index contributed by atoms with van der Waals surface area (Å²) in [6.45, 7) is 3.35. The topological polar surface area (TPSA) is 33.1 Å². The van der Waals surface area contributed by atoms with Gasteiger partial charge in [-0.3, -0.25) is 9.58 Å². The molecule has 0 amide bonds. The molecule has 1 N–H and O–H groups in total. The molecule has 1 unspecified atom stereocenters. The summed E-state index contributed by atoms with van der Waals surface area (Å²) in [6.07, 6.45) is 7.93. The van der Waals surface area contributed by atoms with Gasteiger partial charge in [-0.1, -0.05) is 0 Å². The van der Waals surface area contributed by atoms with Crippen LogP contribution in [0.25, 0.3) is 0 Å². The Bertz CT molecular complexity index is 318. The first kappa shape index (κ1) is 14.5. The minimum absolute atomic E-state index is 0. The van der Waals surface area contributed by atoms with Gasteiger partial charge >= 0.3 is 0 Å². The van der Waals surface area contributed by atoms with E-state index in [4.69, 9.17) is 0 Å². The lowest BCUT2D eigenvalue weighted by Gasteiger charge is -2.26. The number of halogens is 1. The van der Waals surface area contributed by atoms with Gasteiger partial charge in [0, 0.05) is 31.4 Å². The molecule has 1 aliphatic rings. The average molecular weight is 259 g/mol. The summed E-state index contributed by atoms with van der Waals surface area (Å²) in [5.41, 5.74) is 1.31. The fourth-order valence-corrected chi connectivity index (χ4v) is 2.41. The van der Waals surface area contributed by atoms with Gasteiger partial charge in [0.1, 0.15) is 0 Å². The third-order valence-electron chi connectivity index (χ3n) is 3.36. The van der Waals surface area contributed by atoms with Crippen molar-refractivity contribution >= 4 is 12.4 Å². The Balaban J connectivity index is 0.00000144. The maximum Gasteiger partial charge on any atom is 0.0534 e. The lowest BCUT2D eigenvalue weighted by molar-refractivity contribution is 0.216. The molecule has 0 spiro atoms. The minimum Gasteiger partial charge on any atom is -0.317 e. The number of rotatable bonds is 3. The number of nitrogens with one attached hydrogen (secondary N) is 1. The van der Waals surface area contributed by atoms with Crippen LogP contribution >= 0.6 is 12.4 Å². The highest BCUT2D eigenvalue weighted by atomic mass is 35.5. The van der Waals surface area contributed by atoms with E-state index in [0.29, 0.717) is 0 Å². The van der Waals surface area contributed by atoms with Crippen molar-refractivity contribution < 1.29 is 0 Å². The zero-order chi connectivity index (χ0) is 11.4. The maximum atomic E-state index is 4.21. The van der Waals surface area contributed by atoms with Crippen molar-refractivity contribution in [1.29, 1.82) is 0 Å². The van der Waals surface area contributed by atoms with E-state index >= 15 is 0 Å². The van der Waals surface area contributed by atoms with E-state index in [2.05, 4.69) is 28.6 Å². The summed E-state index contributed by atoms with van der Waals surface area (Å²) in [5, 5.41) is 7.67. The molecule has 1 fully saturated rings. The lowest BCUT2D eigenvalue weighted by atomic mass is 10.1. The van der Waals surface area contributed by atoms with E-state index in [9.17, 15) is 0 Å². The molecule has 5 heteroatoms. The molecule has 2 heterocycles. The van der Waals surface area contributed by atoms with Gasteiger partial charge in [0.15, 0.2) is 0 Å². The van der Waals surface area contributed by atoms with Gasteiger partial charge in [-0.2, -0.15) is 5.10 Å². The molecule has 0 aliphatic carbocycles. The highest BCUT2D eigenvalue weighted by Crippen LogP contribution is 2.14. The Morgan fingerprint density at radius 3 is 3.00 bits per heavy atom. The van der Waals surface area contributed by atoms with Crippen molar-refractivity contribution in [1.82, 2.24) is 20.0 Å². The van der Waals surface area contributed by atoms with Crippen molar-refractivity contribution in [2.75, 3.05) is 20.1 Å². The molecule has 0 saturated carbocycles. The number of hydrogen-bond acceptors (Lipinski definition) is 3. The van der Waals surface area contributed by atoms with E-state index in [0.717, 1.165) is 19.1 Å². The molecule has 1 aromatic rings. The summed E-state index contributed by atoms with van der Waals surface area (Å²) in [7, 11) is 4.20. The summed E-state index contributed by atoms with van der Waals surface area (Å²) in [4.78, 5) is 2.46. The quantitative estimate of drug-likeness (QED) is 0.890. The molecule has 1 aliphatic heterocycles. The van der Waals surface area contributed by atoms with E-state index < -0.39 is 0 Å². The highest BCUT2D eigenvalue weighted by molar-refractivity contribution is 5.85. The van der Waals surface area contributed by atoms with Crippen LogP contribution in [0.4, 0.5) is 0 Å². The zero-order valence-corrected chi connectivity index (χ0v) is 11.5. The van der Waals surface area contributed by atoms with Gasteiger partial charge in [0.05, 0.1) is 6.20 Å². The van der Waals surface area contributed by atoms with Gasteiger partial charge in [-0.05, 0) is 39.4 Å². The summed E-state index contributed by atoms with van der Waals surface area (Å²) in [5.74, 6) is 0. The van der Waals surface area contributed by atoms with Crippen LogP contribution in [0.1, 0.15) is 24.8 Å². The second-order valence-electron chi connectivity index (χ2n) is 4.77. The van der Waals surface area contributed by atoms with Crippen molar-refractivity contribution in [3.05, 3.63) is 18.0 Å². The zero-order valence-electron chi connectivity index (χ0n) is 10.7. The highest BCUT2D eigenvalue weighted by Gasteiger charge is 2.16. The van der Waals surface area contributed by atoms with Crippen LogP contribution in [0, 0.1) is 0 Å². The van der Waals surface area contributed by atoms with Gasteiger partial charge in [0.25, 0.3) is 0 Å². The molecule has 4 nitrogen and oxygen atoms in total. The van der Waals surface area contributed by atoms with Crippen molar-refractivity contribution in [2.45, 2.75) is 31.8 Å². The number of nitrogens with zero attached hydrogens (tertiary/aromatic N) is 3. The molecular weight excluding hydrogens is 236 g/mol. The average Bonchev–Trinajstić information content (AvgIpc) is 2.56. The first-order valence-corrected chi connectivity index (χ1v) is 6.14. The SMILES string of the molecule is CN(Cc1cnn(C)c1)C1CCCNCC1.Cl. The first-order valence-electron chi connectivity index (χ1n) is 6.14. The molecular formula is C12H23ClN4. The lowest BCUT2D eigenvalue weighted by Crippen LogP contribution is -2.31. The molecule has 0 bridgehead atoms. The van der Waals surface area contributed by atoms with Crippen molar-refractivity contribution in [2.24, 2.45) is 7.05 Å². The summed E-state index contributed by atoms with van der Waals surface area (Å²) in [6, 6.07) is 0.718. The summed E-state index contributed by atoms with van der Waals surface area (Å²) >= 11 is 0. The van der Waals surface area contributed by atoms with Crippen molar-refractivity contribution in [3.63, 3.8) is 0 Å². The molecule has 0 aromatic carbocycles. The standard InChI is InChI=1S/C12H22N4.ClH/c1-15(9-11-8-14-16(2)10-11)12-4-3-6-13-7-5-12;/h8,10,12-13H,3-7,9H2,1-2H3;1H. The second-order valence-corrected chi connectivity index (χ2v) is 4.77. The fourth-order valence-electron chi connectivity index (χ4n) is 2.41. The van der Waals surface area contributed by atoms with Crippen LogP contribution in [0.15, 0.2) is 12.4 Å². The number of aromatic nitrogens is 2. The predicted molar refractivity (Wildman–Crippen MR) is 72.4 cm³/mol. The van der Waals surface area contributed by atoms with Crippen molar-refractivity contribution in [3.8, 4) is 0 Å². The van der Waals surface area contributed by atoms with Crippen LogP contribution in [0.5, 0.6) is 0 Å². The molecule has 17 heavy (non-hydrogen) atoms. The third kappa shape index (κ3) is 4.30. The van der Waals surface area contributed by atoms with Crippen LogP contribution in [-0.2, 0) is 13.6 Å². The van der Waals surface area contributed by atoms with Gasteiger partial charge < -0.3 is 5.32 Å². The van der Waals surface area contributed by atoms with Gasteiger partial charge in [-0.15, -0.1) is 12.4 Å². The van der Waals surface area contributed by atoms with E-state index in [-0.39, 0.29) is 12.4 Å². The monoisotopic (exact) mass is 258 g/mol. The van der Waals surface area contributed by atoms with Crippen LogP contribution in [-0.4, -0.2) is 40.9 Å². The van der Waals surface area contributed by atoms with Crippen LogP contribution < -0.4 is 5.32 Å². The second kappa shape index (κ2) is 6.99. The molecule has 98 valence electrons. The third-order valence-corrected chi connectivity index (χ3v) is 3.36. The van der Waals surface area contributed by atoms with Crippen LogP contribution in [0.2, 0.25) is 0 Å². The smallest absolute Gasteiger partial charge is 0.0534 e. The Morgan fingerprint density at radius 1 is 1.47 bits per heavy atom. The number of hydrogen-bond donors (Lipinski definition) is 1. The minimum atomic E-state index is 0. The molecule has 0 radical (unpaired) electrons. The maximum absolute atomic E-state index is 4.21. The van der Waals surface area contributed by atoms with E-state index in [1.807, 2.05) is 17.9 Å². The van der Waals surface area contributed by atoms with Crippen LogP contribution in [0.3, 0.4) is 0 Å². The Kier molecular flexibility index (Phi) is 5.95. The largest absolute Gasteiger partial charge is 0.317 e. The Labute approximate surface area is 110 Å². The van der Waals surface area contributed by atoms with Gasteiger partial charge in [0.2, 0.25) is 0 Å². The molecule has 1 atom stereocenters. The van der Waals surface area contributed by atoms with E-state index in [1.165, 1.54) is 31.4 Å². The van der Waals surface area contributed by atoms with E-state index in [1.54, 1.807) is 0 Å². The predicted octanol–water partition coefficient (Wildman–Crippen LogP) is 1.42. The number of aryl methyl sites for hydroxylation is 1. The molecule has 1 saturated heterocycles. The Hall–Kier alpha value is -0.580. The summed E-state index contributed by atoms with van der Waals surface area (Å²) < 4.78 is 1.87. The van der Waals surface area contributed by atoms with Gasteiger partial charge in [-0.25, -0.2) is 0 Å². The molecule has 2 rings (SSSR count). The molecule has 1 aromatic heterocycles.